The number of halogens is 1. The number of aromatic carboxylic acids is 1. The minimum absolute atomic E-state index is 0.187. The maximum Gasteiger partial charge on any atom is 0.338 e. The van der Waals surface area contributed by atoms with Crippen LogP contribution in [-0.4, -0.2) is 35.5 Å². The number of thioether (sulfide) groups is 1. The van der Waals surface area contributed by atoms with E-state index in [0.717, 1.165) is 12.2 Å². The van der Waals surface area contributed by atoms with Crippen LogP contribution in [0, 0.1) is 0 Å². The molecule has 0 fully saturated rings. The van der Waals surface area contributed by atoms with E-state index in [1.54, 1.807) is 7.11 Å². The molecule has 1 heterocycles. The molecule has 0 aliphatic carbocycles. The Morgan fingerprint density at radius 1 is 1.62 bits per heavy atom. The molecule has 0 aliphatic rings. The lowest BCUT2D eigenvalue weighted by molar-refractivity contribution is 0.0692. The largest absolute Gasteiger partial charge is 0.478 e. The predicted octanol–water partition coefficient (Wildman–Crippen LogP) is 2.56. The standard InChI is InChI=1S/C10H12ClNO3S/c1-15-5-2-6-16-9-7(10(13)14)3-4-8(11)12-9/h3-4H,2,5-6H2,1H3,(H,13,14). The number of rotatable bonds is 6. The molecule has 0 atom stereocenters. The van der Waals surface area contributed by atoms with Crippen molar-refractivity contribution in [1.29, 1.82) is 0 Å². The highest BCUT2D eigenvalue weighted by atomic mass is 35.5. The zero-order chi connectivity index (χ0) is 12.0. The van der Waals surface area contributed by atoms with Gasteiger partial charge < -0.3 is 9.84 Å². The molecule has 1 rings (SSSR count). The van der Waals surface area contributed by atoms with Gasteiger partial charge in [0.2, 0.25) is 0 Å². The summed E-state index contributed by atoms with van der Waals surface area (Å²) < 4.78 is 4.91. The van der Waals surface area contributed by atoms with Gasteiger partial charge in [-0.3, -0.25) is 0 Å². The first-order valence-electron chi connectivity index (χ1n) is 4.66. The average Bonchev–Trinajstić information content (AvgIpc) is 2.24. The average molecular weight is 262 g/mol. The van der Waals surface area contributed by atoms with Crippen LogP contribution in [0.15, 0.2) is 17.2 Å². The first kappa shape index (κ1) is 13.3. The number of carboxylic acids is 1. The molecule has 0 aromatic carbocycles. The van der Waals surface area contributed by atoms with Gasteiger partial charge in [0.25, 0.3) is 0 Å². The molecule has 0 aliphatic heterocycles. The number of hydrogen-bond acceptors (Lipinski definition) is 4. The number of carboxylic acid groups (broad SMARTS) is 1. The molecule has 0 spiro atoms. The molecule has 4 nitrogen and oxygen atoms in total. The van der Waals surface area contributed by atoms with E-state index in [1.165, 1.54) is 23.9 Å². The first-order valence-corrected chi connectivity index (χ1v) is 6.03. The van der Waals surface area contributed by atoms with Crippen molar-refractivity contribution in [1.82, 2.24) is 4.98 Å². The fourth-order valence-corrected chi connectivity index (χ4v) is 2.19. The molecule has 0 bridgehead atoms. The molecule has 88 valence electrons. The van der Waals surface area contributed by atoms with E-state index >= 15 is 0 Å². The molecule has 0 amide bonds. The number of hydrogen-bond donors (Lipinski definition) is 1. The maximum absolute atomic E-state index is 10.9. The van der Waals surface area contributed by atoms with Gasteiger partial charge in [0.05, 0.1) is 5.56 Å². The fraction of sp³-hybridized carbons (Fsp3) is 0.400. The van der Waals surface area contributed by atoms with Crippen molar-refractivity contribution in [3.05, 3.63) is 22.8 Å². The van der Waals surface area contributed by atoms with Crippen molar-refractivity contribution in [3.63, 3.8) is 0 Å². The van der Waals surface area contributed by atoms with E-state index in [0.29, 0.717) is 16.8 Å². The minimum Gasteiger partial charge on any atom is -0.478 e. The van der Waals surface area contributed by atoms with E-state index in [2.05, 4.69) is 4.98 Å². The van der Waals surface area contributed by atoms with Crippen LogP contribution in [0.4, 0.5) is 0 Å². The number of carbonyl (C=O) groups is 1. The highest BCUT2D eigenvalue weighted by Gasteiger charge is 2.12. The number of methoxy groups -OCH3 is 1. The van der Waals surface area contributed by atoms with E-state index in [1.807, 2.05) is 0 Å². The SMILES string of the molecule is COCCCSc1nc(Cl)ccc1C(=O)O. The van der Waals surface area contributed by atoms with Gasteiger partial charge >= 0.3 is 5.97 Å². The summed E-state index contributed by atoms with van der Waals surface area (Å²) >= 11 is 7.09. The van der Waals surface area contributed by atoms with Crippen molar-refractivity contribution in [3.8, 4) is 0 Å². The number of ether oxygens (including phenoxy) is 1. The van der Waals surface area contributed by atoms with Gasteiger partial charge in [-0.05, 0) is 18.6 Å². The van der Waals surface area contributed by atoms with Crippen LogP contribution in [-0.2, 0) is 4.74 Å². The van der Waals surface area contributed by atoms with Crippen LogP contribution in [0.1, 0.15) is 16.8 Å². The Morgan fingerprint density at radius 2 is 2.38 bits per heavy atom. The van der Waals surface area contributed by atoms with Crippen LogP contribution >= 0.6 is 23.4 Å². The lowest BCUT2D eigenvalue weighted by atomic mass is 10.3. The zero-order valence-electron chi connectivity index (χ0n) is 8.77. The van der Waals surface area contributed by atoms with Gasteiger partial charge in [-0.2, -0.15) is 0 Å². The number of nitrogens with zero attached hydrogens (tertiary/aromatic N) is 1. The lowest BCUT2D eigenvalue weighted by Gasteiger charge is -2.04. The molecule has 0 saturated heterocycles. The topological polar surface area (TPSA) is 59.4 Å². The summed E-state index contributed by atoms with van der Waals surface area (Å²) in [7, 11) is 1.63. The molecule has 1 N–H and O–H groups in total. The molecule has 1 aromatic rings. The monoisotopic (exact) mass is 261 g/mol. The summed E-state index contributed by atoms with van der Waals surface area (Å²) in [6, 6.07) is 2.94. The van der Waals surface area contributed by atoms with Gasteiger partial charge in [0, 0.05) is 19.5 Å². The fourth-order valence-electron chi connectivity index (χ4n) is 1.06. The highest BCUT2D eigenvalue weighted by Crippen LogP contribution is 2.23. The summed E-state index contributed by atoms with van der Waals surface area (Å²) in [5, 5.41) is 9.70. The Morgan fingerprint density at radius 3 is 3.00 bits per heavy atom. The highest BCUT2D eigenvalue weighted by molar-refractivity contribution is 7.99. The van der Waals surface area contributed by atoms with Gasteiger partial charge in [0.1, 0.15) is 10.2 Å². The summed E-state index contributed by atoms with van der Waals surface area (Å²) in [6.07, 6.45) is 0.842. The van der Waals surface area contributed by atoms with Crippen LogP contribution in [0.3, 0.4) is 0 Å². The van der Waals surface area contributed by atoms with Crippen molar-refractivity contribution in [2.24, 2.45) is 0 Å². The second kappa shape index (κ2) is 6.73. The van der Waals surface area contributed by atoms with E-state index in [-0.39, 0.29) is 5.56 Å². The smallest absolute Gasteiger partial charge is 0.338 e. The molecular weight excluding hydrogens is 250 g/mol. The van der Waals surface area contributed by atoms with Gasteiger partial charge in [-0.15, -0.1) is 11.8 Å². The van der Waals surface area contributed by atoms with Crippen molar-refractivity contribution >= 4 is 29.3 Å². The number of pyridine rings is 1. The van der Waals surface area contributed by atoms with Gasteiger partial charge in [0.15, 0.2) is 0 Å². The Balaban J connectivity index is 2.68. The van der Waals surface area contributed by atoms with Crippen LogP contribution < -0.4 is 0 Å². The van der Waals surface area contributed by atoms with Gasteiger partial charge in [-0.25, -0.2) is 9.78 Å². The van der Waals surface area contributed by atoms with Crippen molar-refractivity contribution < 1.29 is 14.6 Å². The molecule has 0 unspecified atom stereocenters. The zero-order valence-corrected chi connectivity index (χ0v) is 10.3. The Hall–Kier alpha value is -0.780. The maximum atomic E-state index is 10.9. The Kier molecular flexibility index (Phi) is 5.59. The number of aromatic nitrogens is 1. The predicted molar refractivity (Wildman–Crippen MR) is 63.4 cm³/mol. The molecule has 1 aromatic heterocycles. The summed E-state index contributed by atoms with van der Waals surface area (Å²) in [6.45, 7) is 0.649. The normalized spacial score (nSPS) is 10.4. The third kappa shape index (κ3) is 4.00. The second-order valence-electron chi connectivity index (χ2n) is 2.99. The van der Waals surface area contributed by atoms with Crippen molar-refractivity contribution in [2.45, 2.75) is 11.4 Å². The van der Waals surface area contributed by atoms with Gasteiger partial charge in [-0.1, -0.05) is 11.6 Å². The Labute approximate surface area is 103 Å². The molecule has 0 saturated carbocycles. The minimum atomic E-state index is -0.988. The third-order valence-electron chi connectivity index (χ3n) is 1.79. The van der Waals surface area contributed by atoms with Crippen LogP contribution in [0.5, 0.6) is 0 Å². The van der Waals surface area contributed by atoms with Crippen molar-refractivity contribution in [2.75, 3.05) is 19.5 Å². The summed E-state index contributed by atoms with van der Waals surface area (Å²) in [4.78, 5) is 14.9. The summed E-state index contributed by atoms with van der Waals surface area (Å²) in [5.74, 6) is -0.236. The second-order valence-corrected chi connectivity index (χ2v) is 4.46. The first-order chi connectivity index (χ1) is 7.65. The quantitative estimate of drug-likeness (QED) is 0.484. The summed E-state index contributed by atoms with van der Waals surface area (Å²) in [5.41, 5.74) is 0.187. The van der Waals surface area contributed by atoms with E-state index in [9.17, 15) is 4.79 Å². The molecule has 0 radical (unpaired) electrons. The lowest BCUT2D eigenvalue weighted by Crippen LogP contribution is -2.01. The molecular formula is C10H12ClNO3S. The van der Waals surface area contributed by atoms with E-state index in [4.69, 9.17) is 21.4 Å². The van der Waals surface area contributed by atoms with Crippen LogP contribution in [0.2, 0.25) is 5.15 Å². The molecule has 16 heavy (non-hydrogen) atoms. The Bertz CT molecular complexity index is 373. The molecule has 6 heteroatoms. The third-order valence-corrected chi connectivity index (χ3v) is 3.08. The van der Waals surface area contributed by atoms with Crippen LogP contribution in [0.25, 0.3) is 0 Å². The van der Waals surface area contributed by atoms with E-state index < -0.39 is 5.97 Å².